The number of halogens is 1. The van der Waals surface area contributed by atoms with E-state index in [1.54, 1.807) is 0 Å². The third-order valence-corrected chi connectivity index (χ3v) is 8.56. The van der Waals surface area contributed by atoms with Crippen LogP contribution in [0.3, 0.4) is 0 Å². The standard InChI is InChI=1S/C32H35FN2O4/c1-24-7-9-26(10-8-24)29(27-11-13-28(33)14-12-27)34-17-15-31(22-34)23-35(18-16-32(31)38-19-20-39-32)30(36)37-21-25-5-3-2-4-6-25/h2-14,29H,15-23H2,1H3. The van der Waals surface area contributed by atoms with Gasteiger partial charge in [-0.2, -0.15) is 0 Å². The lowest BCUT2D eigenvalue weighted by atomic mass is 9.73. The zero-order valence-corrected chi connectivity index (χ0v) is 22.4. The number of hydrogen-bond donors (Lipinski definition) is 0. The van der Waals surface area contributed by atoms with E-state index in [1.807, 2.05) is 47.4 Å². The van der Waals surface area contributed by atoms with Gasteiger partial charge < -0.3 is 19.1 Å². The summed E-state index contributed by atoms with van der Waals surface area (Å²) < 4.78 is 32.3. The molecule has 2 spiro atoms. The summed E-state index contributed by atoms with van der Waals surface area (Å²) in [5.74, 6) is -0.971. The van der Waals surface area contributed by atoms with Crippen molar-refractivity contribution in [3.63, 3.8) is 0 Å². The minimum absolute atomic E-state index is 0.0514. The third kappa shape index (κ3) is 5.07. The molecule has 0 N–H and O–H groups in total. The maximum Gasteiger partial charge on any atom is 0.410 e. The van der Waals surface area contributed by atoms with Crippen LogP contribution in [-0.2, 0) is 20.8 Å². The molecule has 3 fully saturated rings. The summed E-state index contributed by atoms with van der Waals surface area (Å²) in [7, 11) is 0. The minimum Gasteiger partial charge on any atom is -0.445 e. The van der Waals surface area contributed by atoms with E-state index >= 15 is 0 Å². The van der Waals surface area contributed by atoms with Gasteiger partial charge in [0.2, 0.25) is 0 Å². The molecular weight excluding hydrogens is 495 g/mol. The number of hydrogen-bond acceptors (Lipinski definition) is 5. The van der Waals surface area contributed by atoms with Gasteiger partial charge in [0.05, 0.1) is 24.7 Å². The molecule has 3 saturated heterocycles. The fourth-order valence-corrected chi connectivity index (χ4v) is 6.56. The van der Waals surface area contributed by atoms with Crippen LogP contribution in [0.4, 0.5) is 9.18 Å². The molecule has 6 rings (SSSR count). The molecule has 3 aliphatic rings. The van der Waals surface area contributed by atoms with Crippen molar-refractivity contribution < 1.29 is 23.4 Å². The minimum atomic E-state index is -0.724. The highest BCUT2D eigenvalue weighted by Gasteiger charge is 2.62. The number of amides is 1. The Morgan fingerprint density at radius 1 is 0.897 bits per heavy atom. The van der Waals surface area contributed by atoms with Gasteiger partial charge in [0.1, 0.15) is 12.4 Å². The maximum absolute atomic E-state index is 13.9. The number of piperidine rings is 1. The Morgan fingerprint density at radius 2 is 1.56 bits per heavy atom. The molecule has 2 atom stereocenters. The zero-order chi connectivity index (χ0) is 26.9. The number of likely N-dealkylation sites (tertiary alicyclic amines) is 2. The fourth-order valence-electron chi connectivity index (χ4n) is 6.56. The van der Waals surface area contributed by atoms with Gasteiger partial charge in [-0.05, 0) is 48.7 Å². The first kappa shape index (κ1) is 26.0. The van der Waals surface area contributed by atoms with Crippen LogP contribution in [-0.4, -0.2) is 61.1 Å². The second-order valence-corrected chi connectivity index (χ2v) is 11.0. The van der Waals surface area contributed by atoms with Crippen LogP contribution in [0.15, 0.2) is 78.9 Å². The molecule has 3 aromatic rings. The first-order chi connectivity index (χ1) is 19.0. The molecule has 0 aliphatic carbocycles. The number of carbonyl (C=O) groups excluding carboxylic acids is 1. The van der Waals surface area contributed by atoms with E-state index in [2.05, 4.69) is 36.1 Å². The SMILES string of the molecule is Cc1ccc(C(c2ccc(F)cc2)N2CCC3(CN(C(=O)OCc4ccccc4)CCC34OCCO4)C2)cc1. The van der Waals surface area contributed by atoms with Gasteiger partial charge in [0, 0.05) is 26.1 Å². The number of benzene rings is 3. The zero-order valence-electron chi connectivity index (χ0n) is 22.4. The van der Waals surface area contributed by atoms with Gasteiger partial charge in [-0.25, -0.2) is 9.18 Å². The smallest absolute Gasteiger partial charge is 0.410 e. The summed E-state index contributed by atoms with van der Waals surface area (Å²) in [5.41, 5.74) is 3.94. The molecule has 0 radical (unpaired) electrons. The van der Waals surface area contributed by atoms with E-state index in [-0.39, 0.29) is 24.6 Å². The van der Waals surface area contributed by atoms with Gasteiger partial charge in [0.15, 0.2) is 5.79 Å². The van der Waals surface area contributed by atoms with E-state index in [0.29, 0.717) is 39.3 Å². The van der Waals surface area contributed by atoms with Crippen LogP contribution in [0.25, 0.3) is 0 Å². The Labute approximate surface area is 229 Å². The van der Waals surface area contributed by atoms with Crippen molar-refractivity contribution in [3.8, 4) is 0 Å². The molecular formula is C32H35FN2O4. The van der Waals surface area contributed by atoms with Crippen LogP contribution in [0.5, 0.6) is 0 Å². The number of fused-ring (bicyclic) bond motifs is 1. The summed E-state index contributed by atoms with van der Waals surface area (Å²) in [6, 6.07) is 25.0. The number of nitrogens with zero attached hydrogens (tertiary/aromatic N) is 2. The van der Waals surface area contributed by atoms with E-state index < -0.39 is 11.2 Å². The third-order valence-electron chi connectivity index (χ3n) is 8.56. The molecule has 0 aromatic heterocycles. The van der Waals surface area contributed by atoms with Gasteiger partial charge in [-0.3, -0.25) is 4.90 Å². The van der Waals surface area contributed by atoms with E-state index in [9.17, 15) is 9.18 Å². The second kappa shape index (κ2) is 10.7. The summed E-state index contributed by atoms with van der Waals surface area (Å²) >= 11 is 0. The predicted octanol–water partition coefficient (Wildman–Crippen LogP) is 5.70. The topological polar surface area (TPSA) is 51.2 Å². The van der Waals surface area contributed by atoms with Crippen molar-refractivity contribution in [2.75, 3.05) is 39.4 Å². The summed E-state index contributed by atoms with van der Waals surface area (Å²) in [6.45, 7) is 5.94. The summed E-state index contributed by atoms with van der Waals surface area (Å²) in [5, 5.41) is 0. The molecule has 3 aromatic carbocycles. The van der Waals surface area contributed by atoms with Crippen molar-refractivity contribution in [2.24, 2.45) is 5.41 Å². The molecule has 3 heterocycles. The molecule has 3 aliphatic heterocycles. The monoisotopic (exact) mass is 530 g/mol. The molecule has 0 saturated carbocycles. The quantitative estimate of drug-likeness (QED) is 0.424. The molecule has 204 valence electrons. The van der Waals surface area contributed by atoms with Crippen molar-refractivity contribution in [3.05, 3.63) is 107 Å². The average molecular weight is 531 g/mol. The van der Waals surface area contributed by atoms with Gasteiger partial charge in [-0.15, -0.1) is 0 Å². The summed E-state index contributed by atoms with van der Waals surface area (Å²) in [6.07, 6.45) is 1.12. The lowest BCUT2D eigenvalue weighted by Gasteiger charge is -2.51. The van der Waals surface area contributed by atoms with Gasteiger partial charge in [-0.1, -0.05) is 72.3 Å². The molecule has 39 heavy (non-hydrogen) atoms. The normalized spacial score (nSPS) is 23.4. The first-order valence-electron chi connectivity index (χ1n) is 13.8. The van der Waals surface area contributed by atoms with Crippen molar-refractivity contribution in [1.82, 2.24) is 9.80 Å². The number of carbonyl (C=O) groups is 1. The van der Waals surface area contributed by atoms with E-state index in [4.69, 9.17) is 14.2 Å². The first-order valence-corrected chi connectivity index (χ1v) is 13.8. The molecule has 2 unspecified atom stereocenters. The van der Waals surface area contributed by atoms with E-state index in [1.165, 1.54) is 17.7 Å². The highest BCUT2D eigenvalue weighted by molar-refractivity contribution is 5.68. The molecule has 0 bridgehead atoms. The second-order valence-electron chi connectivity index (χ2n) is 11.0. The Morgan fingerprint density at radius 3 is 2.26 bits per heavy atom. The number of ether oxygens (including phenoxy) is 3. The molecule has 6 nitrogen and oxygen atoms in total. The fraction of sp³-hybridized carbons (Fsp3) is 0.406. The molecule has 7 heteroatoms. The van der Waals surface area contributed by atoms with Crippen molar-refractivity contribution in [1.29, 1.82) is 0 Å². The largest absolute Gasteiger partial charge is 0.445 e. The van der Waals surface area contributed by atoms with Gasteiger partial charge >= 0.3 is 6.09 Å². The summed E-state index contributed by atoms with van der Waals surface area (Å²) in [4.78, 5) is 17.5. The Bertz CT molecular complexity index is 1230. The van der Waals surface area contributed by atoms with Crippen LogP contribution in [0.2, 0.25) is 0 Å². The van der Waals surface area contributed by atoms with Gasteiger partial charge in [0.25, 0.3) is 0 Å². The van der Waals surface area contributed by atoms with Crippen molar-refractivity contribution in [2.45, 2.75) is 38.2 Å². The Hall–Kier alpha value is -3.26. The highest BCUT2D eigenvalue weighted by atomic mass is 19.1. The Balaban J connectivity index is 1.27. The highest BCUT2D eigenvalue weighted by Crippen LogP contribution is 2.52. The predicted molar refractivity (Wildman–Crippen MR) is 145 cm³/mol. The van der Waals surface area contributed by atoms with Crippen LogP contribution < -0.4 is 0 Å². The molecule has 1 amide bonds. The van der Waals surface area contributed by atoms with Crippen LogP contribution in [0.1, 0.15) is 41.1 Å². The lowest BCUT2D eigenvalue weighted by molar-refractivity contribution is -0.258. The number of aryl methyl sites for hydroxylation is 1. The lowest BCUT2D eigenvalue weighted by Crippen LogP contribution is -2.62. The number of rotatable bonds is 5. The maximum atomic E-state index is 13.9. The van der Waals surface area contributed by atoms with E-state index in [0.717, 1.165) is 29.7 Å². The average Bonchev–Trinajstić information content (AvgIpc) is 3.61. The van der Waals surface area contributed by atoms with Crippen LogP contribution in [0, 0.1) is 18.2 Å². The van der Waals surface area contributed by atoms with Crippen molar-refractivity contribution >= 4 is 6.09 Å². The Kier molecular flexibility index (Phi) is 7.14. The van der Waals surface area contributed by atoms with Crippen LogP contribution >= 0.6 is 0 Å².